The summed E-state index contributed by atoms with van der Waals surface area (Å²) in [6.45, 7) is 5.60. The van der Waals surface area contributed by atoms with Crippen molar-refractivity contribution < 1.29 is 0 Å². The van der Waals surface area contributed by atoms with E-state index >= 15 is 0 Å². The topological polar surface area (TPSA) is 66.6 Å². The summed E-state index contributed by atoms with van der Waals surface area (Å²) < 4.78 is 2.07. The van der Waals surface area contributed by atoms with E-state index in [2.05, 4.69) is 56.1 Å². The molecule has 0 saturated carbocycles. The number of thiazole rings is 1. The van der Waals surface area contributed by atoms with Crippen molar-refractivity contribution in [1.82, 2.24) is 25.0 Å². The molecule has 6 nitrogen and oxygen atoms in total. The third-order valence-corrected chi connectivity index (χ3v) is 4.61. The molecule has 0 radical (unpaired) electrons. The first-order chi connectivity index (χ1) is 11.7. The number of pyridine rings is 1. The van der Waals surface area contributed by atoms with E-state index in [0.29, 0.717) is 6.54 Å². The van der Waals surface area contributed by atoms with Crippen LogP contribution in [0.4, 0.5) is 0 Å². The molecule has 0 aromatic carbocycles. The normalized spacial score (nSPS) is 11.9. The fourth-order valence-corrected chi connectivity index (χ4v) is 3.22. The summed E-state index contributed by atoms with van der Waals surface area (Å²) in [5.41, 5.74) is 3.28. The molecule has 0 aliphatic carbocycles. The van der Waals surface area contributed by atoms with Gasteiger partial charge >= 0.3 is 0 Å². The number of guanidine groups is 1. The van der Waals surface area contributed by atoms with Crippen LogP contribution in [-0.4, -0.2) is 33.9 Å². The molecule has 0 bridgehead atoms. The Hall–Kier alpha value is -2.41. The quantitative estimate of drug-likeness (QED) is 0.552. The lowest BCUT2D eigenvalue weighted by molar-refractivity contribution is 0.784. The second-order valence-corrected chi connectivity index (χ2v) is 6.94. The van der Waals surface area contributed by atoms with Crippen LogP contribution in [0.25, 0.3) is 5.65 Å². The van der Waals surface area contributed by atoms with Gasteiger partial charge in [0, 0.05) is 43.5 Å². The van der Waals surface area contributed by atoms with E-state index in [1.165, 1.54) is 10.4 Å². The molecule has 0 unspecified atom stereocenters. The molecule has 3 heterocycles. The van der Waals surface area contributed by atoms with Crippen LogP contribution < -0.4 is 10.6 Å². The molecular weight excluding hydrogens is 320 g/mol. The van der Waals surface area contributed by atoms with Crippen molar-refractivity contribution in [1.29, 1.82) is 0 Å². The fourth-order valence-electron chi connectivity index (χ4n) is 2.50. The van der Waals surface area contributed by atoms with E-state index < -0.39 is 0 Å². The van der Waals surface area contributed by atoms with Crippen LogP contribution in [0.15, 0.2) is 35.7 Å². The van der Waals surface area contributed by atoms with Crippen molar-refractivity contribution in [3.63, 3.8) is 0 Å². The van der Waals surface area contributed by atoms with Gasteiger partial charge in [-0.15, -0.1) is 11.3 Å². The predicted octanol–water partition coefficient (Wildman–Crippen LogP) is 2.32. The zero-order valence-electron chi connectivity index (χ0n) is 14.2. The van der Waals surface area contributed by atoms with Crippen LogP contribution in [0.3, 0.4) is 0 Å². The van der Waals surface area contributed by atoms with Gasteiger partial charge in [-0.1, -0.05) is 6.07 Å². The van der Waals surface area contributed by atoms with E-state index in [-0.39, 0.29) is 0 Å². The summed E-state index contributed by atoms with van der Waals surface area (Å²) in [6.07, 6.45) is 6.85. The Morgan fingerprint density at radius 1 is 1.33 bits per heavy atom. The Balaban J connectivity index is 1.51. The van der Waals surface area contributed by atoms with Gasteiger partial charge in [0.15, 0.2) is 5.96 Å². The smallest absolute Gasteiger partial charge is 0.191 e. The largest absolute Gasteiger partial charge is 0.356 e. The lowest BCUT2D eigenvalue weighted by Gasteiger charge is -2.10. The van der Waals surface area contributed by atoms with Gasteiger partial charge in [-0.25, -0.2) is 9.97 Å². The highest BCUT2D eigenvalue weighted by atomic mass is 32.1. The highest BCUT2D eigenvalue weighted by molar-refractivity contribution is 7.11. The maximum atomic E-state index is 4.69. The van der Waals surface area contributed by atoms with Crippen LogP contribution in [0.1, 0.15) is 21.1 Å². The van der Waals surface area contributed by atoms with Gasteiger partial charge in [0.25, 0.3) is 0 Å². The standard InChI is InChI=1S/C17H22N6S/c1-12-5-4-8-23-11-14(22-16(12)23)6-7-19-17(18-3)21-10-15-20-9-13(2)24-15/h4-5,8-9,11H,6-7,10H2,1-3H3,(H2,18,19,21). The van der Waals surface area contributed by atoms with E-state index in [4.69, 9.17) is 0 Å². The van der Waals surface area contributed by atoms with E-state index in [0.717, 1.165) is 35.3 Å². The molecule has 0 aliphatic rings. The molecule has 7 heteroatoms. The number of nitrogens with zero attached hydrogens (tertiary/aromatic N) is 4. The first-order valence-corrected chi connectivity index (χ1v) is 8.76. The number of hydrogen-bond acceptors (Lipinski definition) is 4. The number of imidazole rings is 1. The van der Waals surface area contributed by atoms with Crippen molar-refractivity contribution >= 4 is 22.9 Å². The summed E-state index contributed by atoms with van der Waals surface area (Å²) in [7, 11) is 1.77. The Morgan fingerprint density at radius 3 is 2.92 bits per heavy atom. The Labute approximate surface area is 145 Å². The van der Waals surface area contributed by atoms with Crippen LogP contribution in [0.5, 0.6) is 0 Å². The summed E-state index contributed by atoms with van der Waals surface area (Å²) in [4.78, 5) is 14.5. The van der Waals surface area contributed by atoms with E-state index in [9.17, 15) is 0 Å². The summed E-state index contributed by atoms with van der Waals surface area (Å²) in [5.74, 6) is 0.780. The molecule has 0 atom stereocenters. The zero-order chi connectivity index (χ0) is 16.9. The lowest BCUT2D eigenvalue weighted by Crippen LogP contribution is -2.37. The second-order valence-electron chi connectivity index (χ2n) is 5.62. The average molecular weight is 342 g/mol. The molecule has 0 saturated heterocycles. The Bertz CT molecular complexity index is 848. The summed E-state index contributed by atoms with van der Waals surface area (Å²) >= 11 is 1.70. The maximum absolute atomic E-state index is 4.69. The van der Waals surface area contributed by atoms with Crippen LogP contribution >= 0.6 is 11.3 Å². The molecule has 0 aliphatic heterocycles. The van der Waals surface area contributed by atoms with Gasteiger partial charge in [0.1, 0.15) is 10.7 Å². The minimum atomic E-state index is 0.686. The number of nitrogens with one attached hydrogen (secondary N) is 2. The molecule has 0 amide bonds. The van der Waals surface area contributed by atoms with Crippen LogP contribution in [0, 0.1) is 13.8 Å². The SMILES string of the molecule is CN=C(NCCc1cn2cccc(C)c2n1)NCc1ncc(C)s1. The van der Waals surface area contributed by atoms with Crippen molar-refractivity contribution in [2.24, 2.45) is 4.99 Å². The van der Waals surface area contributed by atoms with Crippen LogP contribution in [-0.2, 0) is 13.0 Å². The highest BCUT2D eigenvalue weighted by Crippen LogP contribution is 2.11. The summed E-state index contributed by atoms with van der Waals surface area (Å²) in [5, 5.41) is 7.66. The first kappa shape index (κ1) is 16.4. The predicted molar refractivity (Wildman–Crippen MR) is 98.7 cm³/mol. The zero-order valence-corrected chi connectivity index (χ0v) is 15.0. The van der Waals surface area contributed by atoms with Crippen LogP contribution in [0.2, 0.25) is 0 Å². The number of fused-ring (bicyclic) bond motifs is 1. The van der Waals surface area contributed by atoms with Gasteiger partial charge in [0.2, 0.25) is 0 Å². The fraction of sp³-hybridized carbons (Fsp3) is 0.353. The van der Waals surface area contributed by atoms with Gasteiger partial charge in [-0.2, -0.15) is 0 Å². The number of aromatic nitrogens is 3. The number of aryl methyl sites for hydroxylation is 2. The Morgan fingerprint density at radius 2 is 2.21 bits per heavy atom. The monoisotopic (exact) mass is 342 g/mol. The molecule has 126 valence electrons. The molecule has 2 N–H and O–H groups in total. The molecule has 3 aromatic rings. The average Bonchev–Trinajstić information content (AvgIpc) is 3.17. The summed E-state index contributed by atoms with van der Waals surface area (Å²) in [6, 6.07) is 4.12. The van der Waals surface area contributed by atoms with Gasteiger partial charge < -0.3 is 15.0 Å². The second kappa shape index (κ2) is 7.44. The van der Waals surface area contributed by atoms with Crippen molar-refractivity contribution in [2.45, 2.75) is 26.8 Å². The van der Waals surface area contributed by atoms with E-state index in [1.807, 2.05) is 18.5 Å². The van der Waals surface area contributed by atoms with Gasteiger partial charge in [0.05, 0.1) is 12.2 Å². The molecule has 3 rings (SSSR count). The van der Waals surface area contributed by atoms with Crippen molar-refractivity contribution in [2.75, 3.05) is 13.6 Å². The van der Waals surface area contributed by atoms with Crippen molar-refractivity contribution in [3.05, 3.63) is 51.9 Å². The molecule has 3 aromatic heterocycles. The maximum Gasteiger partial charge on any atom is 0.191 e. The molecule has 0 fully saturated rings. The number of rotatable bonds is 5. The van der Waals surface area contributed by atoms with Crippen molar-refractivity contribution in [3.8, 4) is 0 Å². The number of aliphatic imine (C=N–C) groups is 1. The molecule has 24 heavy (non-hydrogen) atoms. The Kier molecular flexibility index (Phi) is 5.10. The van der Waals surface area contributed by atoms with Gasteiger partial charge in [-0.05, 0) is 25.5 Å². The van der Waals surface area contributed by atoms with E-state index in [1.54, 1.807) is 18.4 Å². The number of hydrogen-bond donors (Lipinski definition) is 2. The molecule has 0 spiro atoms. The minimum absolute atomic E-state index is 0.686. The lowest BCUT2D eigenvalue weighted by atomic mass is 10.3. The molecular formula is C17H22N6S. The minimum Gasteiger partial charge on any atom is -0.356 e. The van der Waals surface area contributed by atoms with Gasteiger partial charge in [-0.3, -0.25) is 4.99 Å². The third kappa shape index (κ3) is 3.91. The third-order valence-electron chi connectivity index (χ3n) is 3.70. The first-order valence-electron chi connectivity index (χ1n) is 7.94. The highest BCUT2D eigenvalue weighted by Gasteiger charge is 2.05.